The van der Waals surface area contributed by atoms with Gasteiger partial charge >= 0.3 is 0 Å². The molecule has 1 amide bonds. The molecule has 0 saturated carbocycles. The minimum absolute atomic E-state index is 0.0983. The Labute approximate surface area is 151 Å². The summed E-state index contributed by atoms with van der Waals surface area (Å²) in [5.74, 6) is -0.0983. The molecule has 2 aromatic heterocycles. The number of fused-ring (bicyclic) bond motifs is 1. The van der Waals surface area contributed by atoms with Crippen molar-refractivity contribution in [2.75, 3.05) is 5.32 Å². The van der Waals surface area contributed by atoms with Gasteiger partial charge in [-0.1, -0.05) is 18.2 Å². The number of aromatic amines is 1. The summed E-state index contributed by atoms with van der Waals surface area (Å²) >= 11 is 0. The van der Waals surface area contributed by atoms with Crippen molar-refractivity contribution in [1.82, 2.24) is 9.97 Å². The van der Waals surface area contributed by atoms with Crippen molar-refractivity contribution in [1.29, 1.82) is 0 Å². The fourth-order valence-electron chi connectivity index (χ4n) is 3.08. The molecule has 0 fully saturated rings. The molecule has 2 heterocycles. The number of anilines is 1. The van der Waals surface area contributed by atoms with Crippen molar-refractivity contribution in [3.05, 3.63) is 95.9 Å². The molecule has 0 aliphatic heterocycles. The van der Waals surface area contributed by atoms with Crippen molar-refractivity contribution in [3.8, 4) is 0 Å². The molecule has 4 nitrogen and oxygen atoms in total. The molecule has 26 heavy (non-hydrogen) atoms. The number of hydrogen-bond donors (Lipinski definition) is 2. The average molecular weight is 341 g/mol. The Kier molecular flexibility index (Phi) is 4.48. The van der Waals surface area contributed by atoms with Crippen LogP contribution in [0.15, 0.2) is 79.3 Å². The number of aryl methyl sites for hydroxylation is 2. The molecule has 0 radical (unpaired) electrons. The lowest BCUT2D eigenvalue weighted by molar-refractivity contribution is 0.102. The third-order valence-corrected chi connectivity index (χ3v) is 4.49. The Morgan fingerprint density at radius 2 is 1.77 bits per heavy atom. The van der Waals surface area contributed by atoms with Crippen molar-refractivity contribution in [2.24, 2.45) is 0 Å². The molecule has 128 valence electrons. The van der Waals surface area contributed by atoms with Crippen LogP contribution in [0.5, 0.6) is 0 Å². The summed E-state index contributed by atoms with van der Waals surface area (Å²) in [5.41, 5.74) is 5.04. The van der Waals surface area contributed by atoms with E-state index in [2.05, 4.69) is 21.5 Å². The van der Waals surface area contributed by atoms with Crippen molar-refractivity contribution < 1.29 is 4.79 Å². The van der Waals surface area contributed by atoms with E-state index in [0.717, 1.165) is 29.4 Å². The van der Waals surface area contributed by atoms with Gasteiger partial charge in [-0.25, -0.2) is 0 Å². The Morgan fingerprint density at radius 1 is 0.962 bits per heavy atom. The van der Waals surface area contributed by atoms with Gasteiger partial charge in [-0.2, -0.15) is 0 Å². The van der Waals surface area contributed by atoms with Crippen LogP contribution in [-0.4, -0.2) is 15.9 Å². The zero-order valence-corrected chi connectivity index (χ0v) is 14.3. The fraction of sp³-hybridized carbons (Fsp3) is 0.0909. The molecule has 0 unspecified atom stereocenters. The molecule has 4 rings (SSSR count). The fourth-order valence-corrected chi connectivity index (χ4v) is 3.08. The second-order valence-corrected chi connectivity index (χ2v) is 6.25. The van der Waals surface area contributed by atoms with Crippen molar-refractivity contribution in [3.63, 3.8) is 0 Å². The van der Waals surface area contributed by atoms with Crippen LogP contribution in [0, 0.1) is 0 Å². The van der Waals surface area contributed by atoms with E-state index >= 15 is 0 Å². The van der Waals surface area contributed by atoms with Gasteiger partial charge in [0.15, 0.2) is 0 Å². The van der Waals surface area contributed by atoms with Gasteiger partial charge < -0.3 is 10.3 Å². The Bertz CT molecular complexity index is 1020. The smallest absolute Gasteiger partial charge is 0.255 e. The van der Waals surface area contributed by atoms with Crippen molar-refractivity contribution in [2.45, 2.75) is 12.8 Å². The molecule has 0 aliphatic carbocycles. The van der Waals surface area contributed by atoms with Crippen LogP contribution in [0.2, 0.25) is 0 Å². The van der Waals surface area contributed by atoms with Crippen LogP contribution in [0.3, 0.4) is 0 Å². The number of nitrogens with one attached hydrogen (secondary N) is 2. The maximum atomic E-state index is 12.4. The third-order valence-electron chi connectivity index (χ3n) is 4.49. The van der Waals surface area contributed by atoms with E-state index in [-0.39, 0.29) is 5.91 Å². The van der Waals surface area contributed by atoms with E-state index in [9.17, 15) is 4.79 Å². The Morgan fingerprint density at radius 3 is 2.58 bits per heavy atom. The lowest BCUT2D eigenvalue weighted by Gasteiger charge is -2.06. The highest BCUT2D eigenvalue weighted by molar-refractivity contribution is 6.05. The molecular formula is C22H19N3O. The first kappa shape index (κ1) is 16.1. The lowest BCUT2D eigenvalue weighted by atomic mass is 10.0. The number of carbonyl (C=O) groups excluding carboxylic acids is 1. The molecule has 2 aromatic carbocycles. The molecule has 0 bridgehead atoms. The second-order valence-electron chi connectivity index (χ2n) is 6.25. The largest absolute Gasteiger partial charge is 0.361 e. The summed E-state index contributed by atoms with van der Waals surface area (Å²) in [5, 5.41) is 4.12. The zero-order chi connectivity index (χ0) is 17.8. The van der Waals surface area contributed by atoms with Gasteiger partial charge in [0.05, 0.1) is 0 Å². The van der Waals surface area contributed by atoms with Gasteiger partial charge in [0, 0.05) is 40.7 Å². The van der Waals surface area contributed by atoms with E-state index in [1.807, 2.05) is 73.1 Å². The van der Waals surface area contributed by atoms with E-state index < -0.39 is 0 Å². The quantitative estimate of drug-likeness (QED) is 0.557. The third kappa shape index (κ3) is 3.49. The first-order valence-electron chi connectivity index (χ1n) is 8.65. The van der Waals surface area contributed by atoms with Gasteiger partial charge in [0.25, 0.3) is 5.91 Å². The number of benzene rings is 2. The predicted octanol–water partition coefficient (Wildman–Crippen LogP) is 4.60. The van der Waals surface area contributed by atoms with Gasteiger partial charge in [0.1, 0.15) is 0 Å². The maximum absolute atomic E-state index is 12.4. The molecule has 4 aromatic rings. The summed E-state index contributed by atoms with van der Waals surface area (Å²) in [4.78, 5) is 19.7. The number of pyridine rings is 1. The van der Waals surface area contributed by atoms with Crippen LogP contribution < -0.4 is 5.32 Å². The minimum atomic E-state index is -0.0983. The summed E-state index contributed by atoms with van der Waals surface area (Å²) in [6.07, 6.45) is 7.58. The number of aromatic nitrogens is 2. The standard InChI is InChI=1S/C22H19N3O/c26-22(17-4-2-1-3-5-17)25-19-8-9-21-20(14-19)18(15-24-21)7-6-16-10-12-23-13-11-16/h1-5,8-15,24H,6-7H2,(H,25,26). The SMILES string of the molecule is O=C(Nc1ccc2[nH]cc(CCc3ccncc3)c2c1)c1ccccc1. The first-order chi connectivity index (χ1) is 12.8. The number of carbonyl (C=O) groups is 1. The second kappa shape index (κ2) is 7.23. The number of amides is 1. The Balaban J connectivity index is 1.53. The summed E-state index contributed by atoms with van der Waals surface area (Å²) in [6, 6.07) is 19.3. The molecule has 0 atom stereocenters. The predicted molar refractivity (Wildman–Crippen MR) is 104 cm³/mol. The van der Waals surface area contributed by atoms with Gasteiger partial charge in [-0.3, -0.25) is 9.78 Å². The Hall–Kier alpha value is -3.40. The minimum Gasteiger partial charge on any atom is -0.361 e. The topological polar surface area (TPSA) is 57.8 Å². The monoisotopic (exact) mass is 341 g/mol. The lowest BCUT2D eigenvalue weighted by Crippen LogP contribution is -2.11. The molecular weight excluding hydrogens is 322 g/mol. The van der Waals surface area contributed by atoms with Crippen LogP contribution >= 0.6 is 0 Å². The van der Waals surface area contributed by atoms with E-state index in [0.29, 0.717) is 5.56 Å². The highest BCUT2D eigenvalue weighted by Crippen LogP contribution is 2.24. The molecule has 0 saturated heterocycles. The van der Waals surface area contributed by atoms with Crippen molar-refractivity contribution >= 4 is 22.5 Å². The van der Waals surface area contributed by atoms with Gasteiger partial charge in [0.2, 0.25) is 0 Å². The first-order valence-corrected chi connectivity index (χ1v) is 8.65. The zero-order valence-electron chi connectivity index (χ0n) is 14.3. The highest BCUT2D eigenvalue weighted by Gasteiger charge is 2.08. The normalized spacial score (nSPS) is 10.8. The maximum Gasteiger partial charge on any atom is 0.255 e. The molecule has 0 spiro atoms. The van der Waals surface area contributed by atoms with Gasteiger partial charge in [-0.15, -0.1) is 0 Å². The summed E-state index contributed by atoms with van der Waals surface area (Å²) < 4.78 is 0. The van der Waals surface area contributed by atoms with Crippen LogP contribution in [-0.2, 0) is 12.8 Å². The summed E-state index contributed by atoms with van der Waals surface area (Å²) in [7, 11) is 0. The van der Waals surface area contributed by atoms with Crippen LogP contribution in [0.25, 0.3) is 10.9 Å². The summed E-state index contributed by atoms with van der Waals surface area (Å²) in [6.45, 7) is 0. The van der Waals surface area contributed by atoms with E-state index in [1.54, 1.807) is 0 Å². The highest BCUT2D eigenvalue weighted by atomic mass is 16.1. The van der Waals surface area contributed by atoms with Crippen LogP contribution in [0.1, 0.15) is 21.5 Å². The van der Waals surface area contributed by atoms with E-state index in [1.165, 1.54) is 11.1 Å². The number of H-pyrrole nitrogens is 1. The van der Waals surface area contributed by atoms with E-state index in [4.69, 9.17) is 0 Å². The molecule has 0 aliphatic rings. The molecule has 4 heteroatoms. The number of rotatable bonds is 5. The number of nitrogens with zero attached hydrogens (tertiary/aromatic N) is 1. The average Bonchev–Trinajstić information content (AvgIpc) is 3.10. The van der Waals surface area contributed by atoms with Gasteiger partial charge in [-0.05, 0) is 66.4 Å². The molecule has 2 N–H and O–H groups in total. The number of hydrogen-bond acceptors (Lipinski definition) is 2. The van der Waals surface area contributed by atoms with Crippen LogP contribution in [0.4, 0.5) is 5.69 Å².